The van der Waals surface area contributed by atoms with E-state index in [2.05, 4.69) is 38.0 Å². The fraction of sp³-hybridized carbons (Fsp3) is 0.722. The first-order chi connectivity index (χ1) is 9.98. The van der Waals surface area contributed by atoms with Crippen LogP contribution in [0.5, 0.6) is 0 Å². The lowest BCUT2D eigenvalue weighted by molar-refractivity contribution is 0.00931. The van der Waals surface area contributed by atoms with Crippen molar-refractivity contribution in [2.24, 2.45) is 5.92 Å². The minimum atomic E-state index is 0.00814. The van der Waals surface area contributed by atoms with Gasteiger partial charge in [-0.2, -0.15) is 0 Å². The molecule has 1 fully saturated rings. The van der Waals surface area contributed by atoms with Gasteiger partial charge in [0.05, 0.1) is 0 Å². The van der Waals surface area contributed by atoms with Crippen molar-refractivity contribution in [3.63, 3.8) is 0 Å². The van der Waals surface area contributed by atoms with E-state index in [-0.39, 0.29) is 11.6 Å². The second-order valence-corrected chi connectivity index (χ2v) is 7.04. The van der Waals surface area contributed by atoms with Gasteiger partial charge in [0.25, 0.3) is 0 Å². The van der Waals surface area contributed by atoms with Crippen molar-refractivity contribution >= 4 is 0 Å². The van der Waals surface area contributed by atoms with Crippen molar-refractivity contribution < 1.29 is 4.74 Å². The van der Waals surface area contributed by atoms with Crippen LogP contribution in [0.3, 0.4) is 0 Å². The number of aromatic nitrogens is 1. The van der Waals surface area contributed by atoms with E-state index in [0.29, 0.717) is 5.92 Å². The number of ether oxygens (including phenoxy) is 1. The Morgan fingerprint density at radius 3 is 2.67 bits per heavy atom. The number of piperidine rings is 1. The van der Waals surface area contributed by atoms with E-state index in [4.69, 9.17) is 4.74 Å². The maximum Gasteiger partial charge on any atom is 0.102 e. The molecule has 21 heavy (non-hydrogen) atoms. The smallest absolute Gasteiger partial charge is 0.102 e. The molecule has 1 saturated heterocycles. The van der Waals surface area contributed by atoms with E-state index in [1.54, 1.807) is 0 Å². The van der Waals surface area contributed by atoms with Crippen molar-refractivity contribution in [2.75, 3.05) is 13.7 Å². The molecule has 1 aromatic heterocycles. The third kappa shape index (κ3) is 3.64. The van der Waals surface area contributed by atoms with E-state index < -0.39 is 0 Å². The summed E-state index contributed by atoms with van der Waals surface area (Å²) < 4.78 is 5.95. The molecular formula is C18H30N2O. The zero-order valence-corrected chi connectivity index (χ0v) is 14.2. The number of hydrogen-bond acceptors (Lipinski definition) is 3. The van der Waals surface area contributed by atoms with Gasteiger partial charge in [-0.15, -0.1) is 0 Å². The van der Waals surface area contributed by atoms with Gasteiger partial charge in [-0.05, 0) is 56.7 Å². The highest BCUT2D eigenvalue weighted by Gasteiger charge is 2.38. The highest BCUT2D eigenvalue weighted by molar-refractivity contribution is 5.35. The van der Waals surface area contributed by atoms with Crippen LogP contribution in [-0.2, 0) is 11.2 Å². The van der Waals surface area contributed by atoms with Crippen molar-refractivity contribution in [3.05, 3.63) is 29.1 Å². The molecule has 3 heteroatoms. The Hall–Kier alpha value is -0.930. The maximum absolute atomic E-state index is 5.95. The lowest BCUT2D eigenvalue weighted by atomic mass is 9.80. The summed E-state index contributed by atoms with van der Waals surface area (Å²) in [5, 5.41) is 3.69. The average molecular weight is 290 g/mol. The van der Waals surface area contributed by atoms with Gasteiger partial charge < -0.3 is 10.1 Å². The molecule has 0 saturated carbocycles. The minimum Gasteiger partial charge on any atom is -0.375 e. The molecule has 1 N–H and O–H groups in total. The summed E-state index contributed by atoms with van der Waals surface area (Å²) in [7, 11) is 1.83. The molecular weight excluding hydrogens is 260 g/mol. The summed E-state index contributed by atoms with van der Waals surface area (Å²) in [6.45, 7) is 10.1. The van der Waals surface area contributed by atoms with E-state index in [1.165, 1.54) is 29.5 Å². The molecule has 3 nitrogen and oxygen atoms in total. The highest BCUT2D eigenvalue weighted by atomic mass is 16.5. The first-order valence-electron chi connectivity index (χ1n) is 8.19. The fourth-order valence-electron chi connectivity index (χ4n) is 3.56. The van der Waals surface area contributed by atoms with Crippen molar-refractivity contribution in [1.29, 1.82) is 0 Å². The molecule has 1 aromatic rings. The predicted molar refractivity (Wildman–Crippen MR) is 87.5 cm³/mol. The third-order valence-electron chi connectivity index (χ3n) is 4.67. The predicted octanol–water partition coefficient (Wildman–Crippen LogP) is 3.81. The Labute approximate surface area is 129 Å². The summed E-state index contributed by atoms with van der Waals surface area (Å²) in [4.78, 5) is 4.44. The van der Waals surface area contributed by atoms with Crippen LogP contribution in [-0.4, -0.2) is 24.2 Å². The normalized spacial score (nSPS) is 24.3. The molecule has 1 aliphatic heterocycles. The summed E-state index contributed by atoms with van der Waals surface area (Å²) in [6, 6.07) is 0. The molecule has 0 aromatic carbocycles. The number of methoxy groups -OCH3 is 1. The maximum atomic E-state index is 5.95. The van der Waals surface area contributed by atoms with Gasteiger partial charge in [0.15, 0.2) is 0 Å². The second-order valence-electron chi connectivity index (χ2n) is 7.04. The van der Waals surface area contributed by atoms with Crippen LogP contribution in [0.4, 0.5) is 0 Å². The molecule has 118 valence electrons. The standard InChI is InChI=1S/C18H30N2O/c1-13(2)10-15-14(3)11-19-12-16(15)17(21-5)18(4)8-6-7-9-20-18/h11-13,17,20H,6-10H2,1-5H3. The van der Waals surface area contributed by atoms with Gasteiger partial charge >= 0.3 is 0 Å². The number of nitrogens with zero attached hydrogens (tertiary/aromatic N) is 1. The molecule has 1 aliphatic rings. The van der Waals surface area contributed by atoms with E-state index in [9.17, 15) is 0 Å². The molecule has 2 unspecified atom stereocenters. The van der Waals surface area contributed by atoms with Gasteiger partial charge in [-0.1, -0.05) is 20.3 Å². The number of hydrogen-bond donors (Lipinski definition) is 1. The first kappa shape index (κ1) is 16.4. The zero-order chi connectivity index (χ0) is 15.5. The Morgan fingerprint density at radius 2 is 2.10 bits per heavy atom. The number of nitrogens with one attached hydrogen (secondary N) is 1. The number of pyridine rings is 1. The molecule has 2 atom stereocenters. The summed E-state index contributed by atoms with van der Waals surface area (Å²) in [6.07, 6.45) is 8.82. The Morgan fingerprint density at radius 1 is 1.33 bits per heavy atom. The van der Waals surface area contributed by atoms with Crippen LogP contribution >= 0.6 is 0 Å². The molecule has 2 heterocycles. The number of rotatable bonds is 5. The van der Waals surface area contributed by atoms with Gasteiger partial charge in [0.2, 0.25) is 0 Å². The van der Waals surface area contributed by atoms with E-state index >= 15 is 0 Å². The first-order valence-corrected chi connectivity index (χ1v) is 8.19. The quantitative estimate of drug-likeness (QED) is 0.895. The lowest BCUT2D eigenvalue weighted by Crippen LogP contribution is -2.51. The van der Waals surface area contributed by atoms with Crippen LogP contribution in [0, 0.1) is 12.8 Å². The van der Waals surface area contributed by atoms with Gasteiger partial charge in [-0.25, -0.2) is 0 Å². The average Bonchev–Trinajstić information content (AvgIpc) is 2.43. The zero-order valence-electron chi connectivity index (χ0n) is 14.2. The molecule has 0 radical (unpaired) electrons. The van der Waals surface area contributed by atoms with E-state index in [1.807, 2.05) is 19.5 Å². The Balaban J connectivity index is 2.39. The van der Waals surface area contributed by atoms with Gasteiger partial charge in [-0.3, -0.25) is 4.98 Å². The lowest BCUT2D eigenvalue weighted by Gasteiger charge is -2.41. The van der Waals surface area contributed by atoms with Crippen molar-refractivity contribution in [1.82, 2.24) is 10.3 Å². The topological polar surface area (TPSA) is 34.1 Å². The fourth-order valence-corrected chi connectivity index (χ4v) is 3.56. The summed E-state index contributed by atoms with van der Waals surface area (Å²) in [5.41, 5.74) is 3.97. The second kappa shape index (κ2) is 6.89. The van der Waals surface area contributed by atoms with E-state index in [0.717, 1.165) is 19.4 Å². The van der Waals surface area contributed by atoms with Crippen LogP contribution in [0.1, 0.15) is 62.8 Å². The van der Waals surface area contributed by atoms with Gasteiger partial charge in [0, 0.05) is 30.6 Å². The Bertz CT molecular complexity index is 464. The monoisotopic (exact) mass is 290 g/mol. The van der Waals surface area contributed by atoms with Crippen LogP contribution in [0.2, 0.25) is 0 Å². The Kier molecular flexibility index (Phi) is 5.39. The molecule has 0 amide bonds. The molecule has 2 rings (SSSR count). The summed E-state index contributed by atoms with van der Waals surface area (Å²) in [5.74, 6) is 0.634. The highest BCUT2D eigenvalue weighted by Crippen LogP contribution is 2.37. The molecule has 0 aliphatic carbocycles. The van der Waals surface area contributed by atoms with Gasteiger partial charge in [0.1, 0.15) is 6.10 Å². The van der Waals surface area contributed by atoms with Crippen LogP contribution < -0.4 is 5.32 Å². The molecule has 0 spiro atoms. The van der Waals surface area contributed by atoms with Crippen molar-refractivity contribution in [3.8, 4) is 0 Å². The molecule has 0 bridgehead atoms. The van der Waals surface area contributed by atoms with Crippen LogP contribution in [0.25, 0.3) is 0 Å². The number of aryl methyl sites for hydroxylation is 1. The third-order valence-corrected chi connectivity index (χ3v) is 4.67. The SMILES string of the molecule is COC(c1cncc(C)c1CC(C)C)C1(C)CCCCN1. The van der Waals surface area contributed by atoms with Crippen LogP contribution in [0.15, 0.2) is 12.4 Å². The largest absolute Gasteiger partial charge is 0.375 e. The minimum absolute atomic E-state index is 0.00814. The van der Waals surface area contributed by atoms with Crippen molar-refractivity contribution in [2.45, 2.75) is 65.0 Å². The summed E-state index contributed by atoms with van der Waals surface area (Å²) >= 11 is 0.